The molecule has 1 fully saturated rings. The van der Waals surface area contributed by atoms with Gasteiger partial charge in [-0.25, -0.2) is 13.5 Å². The molecule has 3 heterocycles. The Hall–Kier alpha value is -3.28. The minimum atomic E-state index is -0.657. The Kier molecular flexibility index (Phi) is 6.72. The summed E-state index contributed by atoms with van der Waals surface area (Å²) in [5.74, 6) is -0.750. The van der Waals surface area contributed by atoms with Crippen LogP contribution in [0.25, 0.3) is 11.2 Å². The fraction of sp³-hybridized carbons (Fsp3) is 0.524. The van der Waals surface area contributed by atoms with E-state index in [1.165, 1.54) is 16.8 Å². The number of nitrogens with zero attached hydrogens (tertiary/aromatic N) is 7. The maximum absolute atomic E-state index is 14.8. The third-order valence-electron chi connectivity index (χ3n) is 5.91. The molecule has 0 bridgehead atoms. The monoisotopic (exact) mass is 462 g/mol. The first kappa shape index (κ1) is 22.9. The van der Waals surface area contributed by atoms with Gasteiger partial charge in [0.25, 0.3) is 5.56 Å². The highest BCUT2D eigenvalue weighted by Gasteiger charge is 2.25. The van der Waals surface area contributed by atoms with E-state index in [0.717, 1.165) is 13.1 Å². The number of likely N-dealkylation sites (N-methyl/N-ethyl adjacent to an activating group) is 1. The number of nitrogens with one attached hydrogen (secondary N) is 1. The molecule has 0 unspecified atom stereocenters. The number of rotatable bonds is 8. The van der Waals surface area contributed by atoms with Crippen molar-refractivity contribution in [1.29, 1.82) is 0 Å². The zero-order valence-electron chi connectivity index (χ0n) is 19.0. The van der Waals surface area contributed by atoms with Crippen LogP contribution in [0.5, 0.6) is 5.75 Å². The molecule has 0 atom stereocenters. The highest BCUT2D eigenvalue weighted by Crippen LogP contribution is 2.29. The summed E-state index contributed by atoms with van der Waals surface area (Å²) >= 11 is 0. The van der Waals surface area contributed by atoms with Crippen LogP contribution in [-0.2, 0) is 7.05 Å². The van der Waals surface area contributed by atoms with Gasteiger partial charge in [0.05, 0.1) is 0 Å². The van der Waals surface area contributed by atoms with Crippen molar-refractivity contribution in [2.75, 3.05) is 62.2 Å². The van der Waals surface area contributed by atoms with Gasteiger partial charge in [-0.1, -0.05) is 19.1 Å². The maximum atomic E-state index is 14.8. The van der Waals surface area contributed by atoms with Gasteiger partial charge in [0.2, 0.25) is 5.95 Å². The molecule has 1 N–H and O–H groups in total. The molecule has 4 rings (SSSR count). The predicted octanol–water partition coefficient (Wildman–Crippen LogP) is 1.38. The first-order valence-electron chi connectivity index (χ1n) is 11.0. The first-order chi connectivity index (χ1) is 15.9. The van der Waals surface area contributed by atoms with Crippen molar-refractivity contribution in [2.45, 2.75) is 13.8 Å². The smallest absolute Gasteiger partial charge is 0.282 e. The minimum Gasteiger partial charge on any atom is -0.492 e. The van der Waals surface area contributed by atoms with Crippen LogP contribution in [0.1, 0.15) is 13.8 Å². The first-order valence-corrected chi connectivity index (χ1v) is 11.0. The standard InChI is InChI=1S/C21H28F2N8O2/c1-4-29(5-2)10-11-33-14-12-15(22)18(16(23)13-14)30-6-8-31(9-7-30)21-24-19-17(20(32)25-21)26-27-28(19)3/h12-13H,4-11H2,1-3H3,(H,24,25,32). The normalized spacial score (nSPS) is 14.5. The number of H-pyrrole nitrogens is 1. The molecule has 1 aliphatic heterocycles. The molecule has 10 nitrogen and oxygen atoms in total. The van der Waals surface area contributed by atoms with Crippen LogP contribution in [0.4, 0.5) is 20.4 Å². The Morgan fingerprint density at radius 2 is 1.73 bits per heavy atom. The fourth-order valence-electron chi connectivity index (χ4n) is 3.97. The van der Waals surface area contributed by atoms with Crippen molar-refractivity contribution < 1.29 is 13.5 Å². The Morgan fingerprint density at radius 3 is 2.36 bits per heavy atom. The van der Waals surface area contributed by atoms with Gasteiger partial charge in [0.15, 0.2) is 22.8 Å². The van der Waals surface area contributed by atoms with E-state index in [0.29, 0.717) is 50.9 Å². The van der Waals surface area contributed by atoms with Crippen LogP contribution < -0.4 is 20.1 Å². The quantitative estimate of drug-likeness (QED) is 0.537. The summed E-state index contributed by atoms with van der Waals surface area (Å²) in [5, 5.41) is 7.62. The summed E-state index contributed by atoms with van der Waals surface area (Å²) in [6.45, 7) is 8.54. The lowest BCUT2D eigenvalue weighted by Crippen LogP contribution is -2.48. The van der Waals surface area contributed by atoms with Crippen molar-refractivity contribution in [3.8, 4) is 5.75 Å². The van der Waals surface area contributed by atoms with Crippen molar-refractivity contribution >= 4 is 22.8 Å². The van der Waals surface area contributed by atoms with E-state index >= 15 is 0 Å². The van der Waals surface area contributed by atoms with Crippen molar-refractivity contribution in [1.82, 2.24) is 29.9 Å². The third-order valence-corrected chi connectivity index (χ3v) is 5.91. The lowest BCUT2D eigenvalue weighted by molar-refractivity contribution is 0.222. The van der Waals surface area contributed by atoms with E-state index in [2.05, 4.69) is 39.0 Å². The van der Waals surface area contributed by atoms with E-state index in [-0.39, 0.29) is 22.5 Å². The molecule has 1 aromatic carbocycles. The molecule has 0 amide bonds. The molecule has 33 heavy (non-hydrogen) atoms. The van der Waals surface area contributed by atoms with Gasteiger partial charge in [0, 0.05) is 51.9 Å². The van der Waals surface area contributed by atoms with Crippen LogP contribution in [-0.4, -0.2) is 82.3 Å². The largest absolute Gasteiger partial charge is 0.492 e. The van der Waals surface area contributed by atoms with Crippen molar-refractivity contribution in [2.24, 2.45) is 7.05 Å². The zero-order valence-corrected chi connectivity index (χ0v) is 19.0. The Labute approximate surface area is 189 Å². The Bertz CT molecular complexity index is 1150. The van der Waals surface area contributed by atoms with E-state index in [4.69, 9.17) is 4.74 Å². The summed E-state index contributed by atoms with van der Waals surface area (Å²) in [4.78, 5) is 25.1. The van der Waals surface area contributed by atoms with E-state index < -0.39 is 11.6 Å². The lowest BCUT2D eigenvalue weighted by Gasteiger charge is -2.36. The molecule has 3 aromatic rings. The average molecular weight is 463 g/mol. The number of benzene rings is 1. The number of halogens is 2. The van der Waals surface area contributed by atoms with Crippen LogP contribution in [0.15, 0.2) is 16.9 Å². The molecule has 1 aliphatic rings. The summed E-state index contributed by atoms with van der Waals surface area (Å²) in [5.41, 5.74) is 0.103. The summed E-state index contributed by atoms with van der Waals surface area (Å²) in [6, 6.07) is 2.46. The summed E-state index contributed by atoms with van der Waals surface area (Å²) < 4.78 is 36.6. The van der Waals surface area contributed by atoms with E-state index in [1.807, 2.05) is 4.90 Å². The highest BCUT2D eigenvalue weighted by atomic mass is 19.1. The molecule has 0 aliphatic carbocycles. The number of anilines is 2. The second-order valence-corrected chi connectivity index (χ2v) is 7.86. The zero-order chi connectivity index (χ0) is 23.5. The molecular weight excluding hydrogens is 434 g/mol. The van der Waals surface area contributed by atoms with Crippen LogP contribution in [0, 0.1) is 11.6 Å². The number of hydrogen-bond acceptors (Lipinski definition) is 8. The molecule has 2 aromatic heterocycles. The average Bonchev–Trinajstić information content (AvgIpc) is 3.18. The molecule has 0 spiro atoms. The van der Waals surface area contributed by atoms with E-state index in [9.17, 15) is 13.6 Å². The SMILES string of the molecule is CCN(CC)CCOc1cc(F)c(N2CCN(c3nc4c(nnn4C)c(=O)[nH]3)CC2)c(F)c1. The molecule has 12 heteroatoms. The number of aromatic amines is 1. The lowest BCUT2D eigenvalue weighted by atomic mass is 10.2. The highest BCUT2D eigenvalue weighted by molar-refractivity contribution is 5.69. The van der Waals surface area contributed by atoms with Gasteiger partial charge in [-0.05, 0) is 13.1 Å². The molecule has 178 valence electrons. The second kappa shape index (κ2) is 9.69. The predicted molar refractivity (Wildman–Crippen MR) is 121 cm³/mol. The van der Waals surface area contributed by atoms with Crippen LogP contribution in [0.2, 0.25) is 0 Å². The number of aryl methyl sites for hydroxylation is 1. The van der Waals surface area contributed by atoms with Gasteiger partial charge < -0.3 is 19.4 Å². The minimum absolute atomic E-state index is 0.0708. The van der Waals surface area contributed by atoms with Crippen LogP contribution in [0.3, 0.4) is 0 Å². The second-order valence-electron chi connectivity index (χ2n) is 7.86. The van der Waals surface area contributed by atoms with E-state index in [1.54, 1.807) is 11.9 Å². The Morgan fingerprint density at radius 1 is 1.09 bits per heavy atom. The molecule has 0 saturated carbocycles. The van der Waals surface area contributed by atoms with Gasteiger partial charge in [-0.2, -0.15) is 4.98 Å². The van der Waals surface area contributed by atoms with Crippen molar-refractivity contribution in [3.63, 3.8) is 0 Å². The van der Waals surface area contributed by atoms with Crippen LogP contribution >= 0.6 is 0 Å². The summed E-state index contributed by atoms with van der Waals surface area (Å²) in [6.07, 6.45) is 0. The van der Waals surface area contributed by atoms with Gasteiger partial charge in [-0.15, -0.1) is 5.10 Å². The fourth-order valence-corrected chi connectivity index (χ4v) is 3.97. The van der Waals surface area contributed by atoms with Gasteiger partial charge in [0.1, 0.15) is 18.0 Å². The molecule has 0 radical (unpaired) electrons. The third kappa shape index (κ3) is 4.75. The number of hydrogen-bond donors (Lipinski definition) is 1. The number of aromatic nitrogens is 5. The number of ether oxygens (including phenoxy) is 1. The summed E-state index contributed by atoms with van der Waals surface area (Å²) in [7, 11) is 1.66. The van der Waals surface area contributed by atoms with Gasteiger partial charge in [-0.3, -0.25) is 9.78 Å². The number of fused-ring (bicyclic) bond motifs is 1. The molecule has 1 saturated heterocycles. The topological polar surface area (TPSA) is 95.4 Å². The number of piperazine rings is 1. The molecular formula is C21H28F2N8O2. The Balaban J connectivity index is 1.42. The maximum Gasteiger partial charge on any atom is 0.282 e. The van der Waals surface area contributed by atoms with Gasteiger partial charge >= 0.3 is 0 Å². The van der Waals surface area contributed by atoms with Crippen molar-refractivity contribution in [3.05, 3.63) is 34.1 Å².